The number of hydrogen-bond donors (Lipinski definition) is 0. The third kappa shape index (κ3) is 4.83. The fraction of sp³-hybridized carbons (Fsp3) is 0.0638. The average Bonchev–Trinajstić information content (AvgIpc) is 3.43. The van der Waals surface area contributed by atoms with Gasteiger partial charge in [-0.3, -0.25) is 0 Å². The predicted octanol–water partition coefficient (Wildman–Crippen LogP) is 12.5. The maximum Gasteiger partial charge on any atom is 0.178 e. The van der Waals surface area contributed by atoms with E-state index in [0.29, 0.717) is 17.3 Å². The molecule has 7 aromatic carbocycles. The first-order chi connectivity index (χ1) is 25.0. The molecule has 10 rings (SSSR count). The maximum absolute atomic E-state index is 6.62. The number of hydrogen-bond acceptors (Lipinski definition) is 4. The topological polar surface area (TPSA) is 44.2 Å². The molecule has 0 amide bonds. The van der Waals surface area contributed by atoms with E-state index in [1.165, 1.54) is 27.5 Å². The molecule has 0 unspecified atom stereocenters. The summed E-state index contributed by atoms with van der Waals surface area (Å²) >= 11 is 0. The zero-order valence-electron chi connectivity index (χ0n) is 28.2. The summed E-state index contributed by atoms with van der Waals surface area (Å²) in [4.78, 5) is 10.1. The van der Waals surface area contributed by atoms with Crippen molar-refractivity contribution < 1.29 is 9.47 Å². The van der Waals surface area contributed by atoms with E-state index < -0.39 is 0 Å². The van der Waals surface area contributed by atoms with E-state index in [-0.39, 0.29) is 5.41 Å². The Bertz CT molecular complexity index is 2660. The summed E-state index contributed by atoms with van der Waals surface area (Å²) in [5, 5.41) is 2.39. The number of aromatic nitrogens is 2. The van der Waals surface area contributed by atoms with Crippen LogP contribution in [0, 0.1) is 0 Å². The van der Waals surface area contributed by atoms with Crippen LogP contribution >= 0.6 is 0 Å². The minimum atomic E-state index is -0.105. The fourth-order valence-electron chi connectivity index (χ4n) is 7.65. The Morgan fingerprint density at radius 2 is 1.10 bits per heavy atom. The number of benzene rings is 7. The molecule has 1 aromatic heterocycles. The highest BCUT2D eigenvalue weighted by Crippen LogP contribution is 2.58. The van der Waals surface area contributed by atoms with E-state index >= 15 is 0 Å². The van der Waals surface area contributed by atoms with Crippen molar-refractivity contribution in [2.24, 2.45) is 0 Å². The second-order valence-corrected chi connectivity index (χ2v) is 13.8. The molecule has 8 aromatic rings. The Morgan fingerprint density at radius 3 is 1.94 bits per heavy atom. The lowest BCUT2D eigenvalue weighted by Crippen LogP contribution is -2.15. The van der Waals surface area contributed by atoms with Gasteiger partial charge in [0.1, 0.15) is 0 Å². The van der Waals surface area contributed by atoms with Gasteiger partial charge in [-0.25, -0.2) is 9.97 Å². The second-order valence-electron chi connectivity index (χ2n) is 13.8. The van der Waals surface area contributed by atoms with Crippen LogP contribution < -0.4 is 9.47 Å². The molecule has 242 valence electrons. The van der Waals surface area contributed by atoms with Gasteiger partial charge in [-0.05, 0) is 68.9 Å². The molecular weight excluding hydrogens is 625 g/mol. The van der Waals surface area contributed by atoms with Crippen LogP contribution in [0.2, 0.25) is 0 Å². The van der Waals surface area contributed by atoms with Crippen molar-refractivity contribution in [3.63, 3.8) is 0 Å². The quantitative estimate of drug-likeness (QED) is 0.189. The lowest BCUT2D eigenvalue weighted by molar-refractivity contribution is 0.360. The SMILES string of the molecule is CC1(C)c2ccccc2-c2c1ccc1c2Oc2ccc(-c3ccc(-c4nc(-c5ccccc5)cc(-c5ccc6ccccc6c5)n4)cc3)cc2O1. The van der Waals surface area contributed by atoms with Crippen LogP contribution in [-0.2, 0) is 5.41 Å². The van der Waals surface area contributed by atoms with Crippen LogP contribution in [0.25, 0.3) is 66.9 Å². The summed E-state index contributed by atoms with van der Waals surface area (Å²) in [6.07, 6.45) is 0. The van der Waals surface area contributed by atoms with Gasteiger partial charge < -0.3 is 9.47 Å². The van der Waals surface area contributed by atoms with E-state index in [2.05, 4.69) is 141 Å². The van der Waals surface area contributed by atoms with Gasteiger partial charge in [-0.1, -0.05) is 141 Å². The van der Waals surface area contributed by atoms with Crippen molar-refractivity contribution >= 4 is 10.8 Å². The molecule has 0 saturated heterocycles. The van der Waals surface area contributed by atoms with Gasteiger partial charge >= 0.3 is 0 Å². The minimum Gasteiger partial charge on any atom is -0.449 e. The van der Waals surface area contributed by atoms with Gasteiger partial charge in [0.15, 0.2) is 28.8 Å². The van der Waals surface area contributed by atoms with E-state index in [0.717, 1.165) is 56.3 Å². The average molecular weight is 657 g/mol. The molecule has 0 bridgehead atoms. The van der Waals surface area contributed by atoms with Crippen molar-refractivity contribution in [3.05, 3.63) is 169 Å². The summed E-state index contributed by atoms with van der Waals surface area (Å²) in [6, 6.07) is 54.7. The molecule has 0 radical (unpaired) electrons. The molecule has 0 spiro atoms. The van der Waals surface area contributed by atoms with Gasteiger partial charge in [0.05, 0.1) is 11.4 Å². The molecule has 0 N–H and O–H groups in total. The molecule has 1 aliphatic heterocycles. The third-order valence-corrected chi connectivity index (χ3v) is 10.4. The van der Waals surface area contributed by atoms with Gasteiger partial charge in [-0.15, -0.1) is 0 Å². The van der Waals surface area contributed by atoms with E-state index in [4.69, 9.17) is 19.4 Å². The Kier molecular flexibility index (Phi) is 6.49. The van der Waals surface area contributed by atoms with Crippen molar-refractivity contribution in [3.8, 4) is 79.2 Å². The first-order valence-corrected chi connectivity index (χ1v) is 17.3. The standard InChI is InChI=1S/C47H32N2O2/c1-47(2)37-15-9-8-14-36(37)44-38(47)23-25-42-45(44)51-41-24-22-34(27-43(41)50-42)30-16-19-32(20-17-30)46-48-39(31-11-4-3-5-12-31)28-40(49-46)35-21-18-29-10-6-7-13-33(29)26-35/h3-28H,1-2H3. The lowest BCUT2D eigenvalue weighted by Gasteiger charge is -2.25. The van der Waals surface area contributed by atoms with Gasteiger partial charge in [0.2, 0.25) is 0 Å². The maximum atomic E-state index is 6.62. The zero-order valence-corrected chi connectivity index (χ0v) is 28.2. The van der Waals surface area contributed by atoms with Crippen molar-refractivity contribution in [1.29, 1.82) is 0 Å². The van der Waals surface area contributed by atoms with Crippen molar-refractivity contribution in [1.82, 2.24) is 9.97 Å². The Morgan fingerprint density at radius 1 is 0.431 bits per heavy atom. The van der Waals surface area contributed by atoms with Crippen LogP contribution in [0.3, 0.4) is 0 Å². The summed E-state index contributed by atoms with van der Waals surface area (Å²) in [5.41, 5.74) is 11.7. The highest BCUT2D eigenvalue weighted by molar-refractivity contribution is 5.89. The van der Waals surface area contributed by atoms with Crippen LogP contribution in [0.1, 0.15) is 25.0 Å². The zero-order chi connectivity index (χ0) is 34.1. The van der Waals surface area contributed by atoms with Crippen LogP contribution in [0.15, 0.2) is 158 Å². The summed E-state index contributed by atoms with van der Waals surface area (Å²) in [7, 11) is 0. The molecule has 4 nitrogen and oxygen atoms in total. The van der Waals surface area contributed by atoms with Crippen molar-refractivity contribution in [2.45, 2.75) is 19.3 Å². The largest absolute Gasteiger partial charge is 0.449 e. The third-order valence-electron chi connectivity index (χ3n) is 10.4. The van der Waals surface area contributed by atoms with E-state index in [1.807, 2.05) is 30.3 Å². The summed E-state index contributed by atoms with van der Waals surface area (Å²) in [6.45, 7) is 4.55. The smallest absolute Gasteiger partial charge is 0.178 e. The minimum absolute atomic E-state index is 0.105. The highest BCUT2D eigenvalue weighted by Gasteiger charge is 2.39. The van der Waals surface area contributed by atoms with Crippen LogP contribution in [0.5, 0.6) is 23.0 Å². The molecule has 0 fully saturated rings. The van der Waals surface area contributed by atoms with Crippen molar-refractivity contribution in [2.75, 3.05) is 0 Å². The molecule has 51 heavy (non-hydrogen) atoms. The van der Waals surface area contributed by atoms with Crippen LogP contribution in [-0.4, -0.2) is 9.97 Å². The predicted molar refractivity (Wildman–Crippen MR) is 205 cm³/mol. The lowest BCUT2D eigenvalue weighted by atomic mass is 9.82. The summed E-state index contributed by atoms with van der Waals surface area (Å²) in [5.74, 6) is 3.62. The number of rotatable bonds is 4. The van der Waals surface area contributed by atoms with Crippen LogP contribution in [0.4, 0.5) is 0 Å². The fourth-order valence-corrected chi connectivity index (χ4v) is 7.65. The van der Waals surface area contributed by atoms with E-state index in [1.54, 1.807) is 0 Å². The Balaban J connectivity index is 0.985. The highest BCUT2D eigenvalue weighted by atomic mass is 16.6. The Labute approximate surface area is 296 Å². The summed E-state index contributed by atoms with van der Waals surface area (Å²) < 4.78 is 13.1. The first-order valence-electron chi connectivity index (χ1n) is 17.3. The van der Waals surface area contributed by atoms with E-state index in [9.17, 15) is 0 Å². The normalized spacial score (nSPS) is 13.4. The number of ether oxygens (including phenoxy) is 2. The molecule has 0 atom stereocenters. The van der Waals surface area contributed by atoms with Gasteiger partial charge in [0, 0.05) is 27.7 Å². The molecule has 0 saturated carbocycles. The molecule has 2 heterocycles. The van der Waals surface area contributed by atoms with Gasteiger partial charge in [0.25, 0.3) is 0 Å². The first kappa shape index (κ1) is 29.4. The molecule has 1 aliphatic carbocycles. The molecular formula is C47H32N2O2. The number of fused-ring (bicyclic) bond motifs is 7. The molecule has 2 aliphatic rings. The number of nitrogens with zero attached hydrogens (tertiary/aromatic N) is 2. The molecule has 4 heteroatoms. The second kappa shape index (κ2) is 11.3. The van der Waals surface area contributed by atoms with Gasteiger partial charge in [-0.2, -0.15) is 0 Å². The Hall–Kier alpha value is -6.52. The monoisotopic (exact) mass is 656 g/mol.